The summed E-state index contributed by atoms with van der Waals surface area (Å²) in [6.07, 6.45) is 1.89. The Morgan fingerprint density at radius 1 is 0.706 bits per heavy atom. The molecule has 0 atom stereocenters. The third kappa shape index (κ3) is 4.69. The van der Waals surface area contributed by atoms with Crippen LogP contribution in [0.3, 0.4) is 0 Å². The average Bonchev–Trinajstić information content (AvgIpc) is 3.25. The number of hydrogen-bond donors (Lipinski definition) is 0. The minimum atomic E-state index is 0.417. The molecule has 0 aliphatic carbocycles. The molecule has 0 aliphatic rings. The molecule has 1 aromatic heterocycles. The predicted octanol–water partition coefficient (Wildman–Crippen LogP) is 6.64. The molecule has 0 aliphatic heterocycles. The summed E-state index contributed by atoms with van der Waals surface area (Å²) in [5.41, 5.74) is 2.12. The van der Waals surface area contributed by atoms with Gasteiger partial charge in [-0.1, -0.05) is 60.7 Å². The molecule has 5 heteroatoms. The number of rotatable bonds is 10. The van der Waals surface area contributed by atoms with Gasteiger partial charge in [-0.25, -0.2) is 4.98 Å². The number of ether oxygens (including phenoxy) is 3. The third-order valence-electron chi connectivity index (χ3n) is 5.94. The van der Waals surface area contributed by atoms with Crippen LogP contribution < -0.4 is 14.2 Å². The second kappa shape index (κ2) is 10.3. The van der Waals surface area contributed by atoms with E-state index in [1.54, 1.807) is 7.11 Å². The van der Waals surface area contributed by atoms with E-state index >= 15 is 0 Å². The van der Waals surface area contributed by atoms with Gasteiger partial charge in [0.2, 0.25) is 0 Å². The lowest BCUT2D eigenvalue weighted by molar-refractivity contribution is 0.279. The van der Waals surface area contributed by atoms with E-state index in [2.05, 4.69) is 41.0 Å². The van der Waals surface area contributed by atoms with Gasteiger partial charge >= 0.3 is 0 Å². The Morgan fingerprint density at radius 2 is 1.44 bits per heavy atom. The second-order valence-corrected chi connectivity index (χ2v) is 8.14. The van der Waals surface area contributed by atoms with Crippen molar-refractivity contribution in [3.63, 3.8) is 0 Å². The van der Waals surface area contributed by atoms with E-state index in [1.807, 2.05) is 54.6 Å². The minimum Gasteiger partial charge on any atom is -0.493 e. The maximum absolute atomic E-state index is 6.26. The van der Waals surface area contributed by atoms with Crippen molar-refractivity contribution in [1.29, 1.82) is 0 Å². The summed E-state index contributed by atoms with van der Waals surface area (Å²) >= 11 is 0. The average molecular weight is 453 g/mol. The van der Waals surface area contributed by atoms with Crippen molar-refractivity contribution in [1.82, 2.24) is 9.55 Å². The number of fused-ring (bicyclic) bond motifs is 2. The zero-order valence-electron chi connectivity index (χ0n) is 19.3. The molecule has 0 saturated heterocycles. The molecule has 0 fully saturated rings. The molecule has 5 rings (SSSR count). The number of methoxy groups -OCH3 is 1. The second-order valence-electron chi connectivity index (χ2n) is 8.14. The number of benzene rings is 4. The molecule has 5 nitrogen and oxygen atoms in total. The Labute approximate surface area is 199 Å². The van der Waals surface area contributed by atoms with E-state index in [0.29, 0.717) is 13.2 Å². The van der Waals surface area contributed by atoms with Gasteiger partial charge in [-0.2, -0.15) is 0 Å². The Kier molecular flexibility index (Phi) is 6.61. The van der Waals surface area contributed by atoms with E-state index < -0.39 is 0 Å². The van der Waals surface area contributed by atoms with E-state index in [1.165, 1.54) is 5.39 Å². The van der Waals surface area contributed by atoms with Gasteiger partial charge in [-0.3, -0.25) is 0 Å². The van der Waals surface area contributed by atoms with E-state index in [-0.39, 0.29) is 0 Å². The van der Waals surface area contributed by atoms with Crippen molar-refractivity contribution in [2.75, 3.05) is 13.7 Å². The summed E-state index contributed by atoms with van der Waals surface area (Å²) in [5.74, 6) is 3.35. The topological polar surface area (TPSA) is 45.5 Å². The van der Waals surface area contributed by atoms with Crippen LogP contribution in [0.1, 0.15) is 18.7 Å². The summed E-state index contributed by atoms with van der Waals surface area (Å²) in [6, 6.07) is 30.4. The van der Waals surface area contributed by atoms with Crippen LogP contribution in [0.15, 0.2) is 91.0 Å². The molecule has 0 unspecified atom stereocenters. The quantitative estimate of drug-likeness (QED) is 0.223. The van der Waals surface area contributed by atoms with Gasteiger partial charge in [0.25, 0.3) is 0 Å². The monoisotopic (exact) mass is 452 g/mol. The van der Waals surface area contributed by atoms with Gasteiger partial charge in [0.1, 0.15) is 18.2 Å². The van der Waals surface area contributed by atoms with Crippen LogP contribution in [0.25, 0.3) is 21.8 Å². The zero-order valence-corrected chi connectivity index (χ0v) is 19.3. The number of para-hydroxylation sites is 4. The highest BCUT2D eigenvalue weighted by Crippen LogP contribution is 2.27. The first-order valence-electron chi connectivity index (χ1n) is 11.6. The highest BCUT2D eigenvalue weighted by Gasteiger charge is 2.12. The molecular formula is C29H28N2O3. The molecule has 0 spiro atoms. The molecule has 34 heavy (non-hydrogen) atoms. The largest absolute Gasteiger partial charge is 0.493 e. The Morgan fingerprint density at radius 3 is 2.35 bits per heavy atom. The fourth-order valence-electron chi connectivity index (χ4n) is 4.24. The Balaban J connectivity index is 1.26. The highest BCUT2D eigenvalue weighted by atomic mass is 16.5. The van der Waals surface area contributed by atoms with Crippen LogP contribution >= 0.6 is 0 Å². The first-order valence-corrected chi connectivity index (χ1v) is 11.6. The van der Waals surface area contributed by atoms with Gasteiger partial charge in [0.05, 0.1) is 24.8 Å². The molecule has 172 valence electrons. The molecule has 0 N–H and O–H groups in total. The SMILES string of the molecule is COc1ccccc1OCCCCn1c(COc2cccc3ccccc23)nc2ccccc21. The first-order chi connectivity index (χ1) is 16.8. The van der Waals surface area contributed by atoms with Crippen molar-refractivity contribution in [3.05, 3.63) is 96.8 Å². The Hall–Kier alpha value is -3.99. The van der Waals surface area contributed by atoms with Gasteiger partial charge < -0.3 is 18.8 Å². The van der Waals surface area contributed by atoms with E-state index in [0.717, 1.165) is 58.9 Å². The van der Waals surface area contributed by atoms with Crippen LogP contribution in [-0.2, 0) is 13.2 Å². The summed E-state index contributed by atoms with van der Waals surface area (Å²) in [4.78, 5) is 4.87. The number of nitrogens with zero attached hydrogens (tertiary/aromatic N) is 2. The van der Waals surface area contributed by atoms with Gasteiger partial charge in [-0.05, 0) is 48.6 Å². The third-order valence-corrected chi connectivity index (χ3v) is 5.94. The lowest BCUT2D eigenvalue weighted by Gasteiger charge is -2.13. The lowest BCUT2D eigenvalue weighted by Crippen LogP contribution is -2.09. The number of hydrogen-bond acceptors (Lipinski definition) is 4. The van der Waals surface area contributed by atoms with Crippen molar-refractivity contribution < 1.29 is 14.2 Å². The minimum absolute atomic E-state index is 0.417. The maximum Gasteiger partial charge on any atom is 0.161 e. The van der Waals surface area contributed by atoms with Gasteiger partial charge in [0.15, 0.2) is 11.5 Å². The van der Waals surface area contributed by atoms with Crippen molar-refractivity contribution in [3.8, 4) is 17.2 Å². The van der Waals surface area contributed by atoms with Crippen LogP contribution in [0.2, 0.25) is 0 Å². The van der Waals surface area contributed by atoms with E-state index in [4.69, 9.17) is 19.2 Å². The highest BCUT2D eigenvalue weighted by molar-refractivity contribution is 5.88. The van der Waals surface area contributed by atoms with E-state index in [9.17, 15) is 0 Å². The van der Waals surface area contributed by atoms with Crippen LogP contribution in [0.5, 0.6) is 17.2 Å². The molecule has 5 aromatic rings. The number of unbranched alkanes of at least 4 members (excludes halogenated alkanes) is 1. The molecule has 0 radical (unpaired) electrons. The fraction of sp³-hybridized carbons (Fsp3) is 0.207. The predicted molar refractivity (Wildman–Crippen MR) is 136 cm³/mol. The summed E-state index contributed by atoms with van der Waals surface area (Å²) in [6.45, 7) is 1.90. The Bertz CT molecular complexity index is 1390. The molecule has 0 saturated carbocycles. The van der Waals surface area contributed by atoms with Crippen LogP contribution in [0.4, 0.5) is 0 Å². The summed E-state index contributed by atoms with van der Waals surface area (Å²) in [5, 5.41) is 2.28. The first kappa shape index (κ1) is 21.8. The summed E-state index contributed by atoms with van der Waals surface area (Å²) in [7, 11) is 1.66. The number of aryl methyl sites for hydroxylation is 1. The molecular weight excluding hydrogens is 424 g/mol. The normalized spacial score (nSPS) is 11.1. The van der Waals surface area contributed by atoms with Crippen LogP contribution in [0, 0.1) is 0 Å². The number of imidazole rings is 1. The fourth-order valence-corrected chi connectivity index (χ4v) is 4.24. The molecule has 0 amide bonds. The summed E-state index contributed by atoms with van der Waals surface area (Å²) < 4.78 is 19.8. The molecule has 0 bridgehead atoms. The molecule has 1 heterocycles. The maximum atomic E-state index is 6.26. The van der Waals surface area contributed by atoms with Crippen molar-refractivity contribution in [2.45, 2.75) is 26.0 Å². The van der Waals surface area contributed by atoms with Gasteiger partial charge in [-0.15, -0.1) is 0 Å². The zero-order chi connectivity index (χ0) is 23.2. The molecule has 4 aromatic carbocycles. The smallest absolute Gasteiger partial charge is 0.161 e. The number of aromatic nitrogens is 2. The van der Waals surface area contributed by atoms with Crippen molar-refractivity contribution >= 4 is 21.8 Å². The van der Waals surface area contributed by atoms with Gasteiger partial charge in [0, 0.05) is 11.9 Å². The van der Waals surface area contributed by atoms with Crippen LogP contribution in [-0.4, -0.2) is 23.3 Å². The standard InChI is InChI=1S/C29H28N2O3/c1-32-27-16-6-7-17-28(27)33-20-9-8-19-31-25-15-5-4-14-24(25)30-29(31)21-34-26-18-10-12-22-11-2-3-13-23(22)26/h2-7,10-18H,8-9,19-21H2,1H3. The lowest BCUT2D eigenvalue weighted by atomic mass is 10.1. The van der Waals surface area contributed by atoms with Crippen molar-refractivity contribution in [2.24, 2.45) is 0 Å².